The van der Waals surface area contributed by atoms with Gasteiger partial charge in [-0.2, -0.15) is 0 Å². The van der Waals surface area contributed by atoms with E-state index >= 15 is 0 Å². The van der Waals surface area contributed by atoms with Gasteiger partial charge in [-0.05, 0) is 42.5 Å². The van der Waals surface area contributed by atoms with Crippen molar-refractivity contribution in [2.75, 3.05) is 11.6 Å². The van der Waals surface area contributed by atoms with E-state index in [4.69, 9.17) is 0 Å². The minimum atomic E-state index is -1.16. The maximum absolute atomic E-state index is 13.6. The van der Waals surface area contributed by atoms with Crippen molar-refractivity contribution in [3.8, 4) is 0 Å². The molecule has 0 spiro atoms. The Hall–Kier alpha value is -3.55. The van der Waals surface area contributed by atoms with Gasteiger partial charge in [0.15, 0.2) is 5.78 Å². The molecule has 2 aliphatic heterocycles. The first-order chi connectivity index (χ1) is 15.9. The summed E-state index contributed by atoms with van der Waals surface area (Å²) in [6.45, 7) is 0.524. The summed E-state index contributed by atoms with van der Waals surface area (Å²) in [5.41, 5.74) is 2.93. The van der Waals surface area contributed by atoms with Crippen LogP contribution in [-0.4, -0.2) is 48.3 Å². The highest BCUT2D eigenvalue weighted by Gasteiger charge is 2.44. The average molecular weight is 451 g/mol. The molecule has 1 unspecified atom stereocenters. The fraction of sp³-hybridized carbons (Fsp3) is 0.360. The summed E-state index contributed by atoms with van der Waals surface area (Å²) in [7, 11) is 0. The van der Waals surface area contributed by atoms with Crippen molar-refractivity contribution in [3.05, 3.63) is 65.2 Å². The van der Waals surface area contributed by atoms with E-state index in [1.807, 2.05) is 18.2 Å². The Kier molecular flexibility index (Phi) is 6.53. The Labute approximate surface area is 191 Å². The van der Waals surface area contributed by atoms with Gasteiger partial charge in [-0.1, -0.05) is 43.3 Å². The third kappa shape index (κ3) is 4.37. The smallest absolute Gasteiger partial charge is 0.251 e. The molecule has 3 amide bonds. The van der Waals surface area contributed by atoms with Gasteiger partial charge in [0.2, 0.25) is 11.8 Å². The maximum Gasteiger partial charge on any atom is 0.251 e. The zero-order valence-electron chi connectivity index (χ0n) is 18.3. The average Bonchev–Trinajstić information content (AvgIpc) is 3.18. The van der Waals surface area contributed by atoms with Gasteiger partial charge in [0.25, 0.3) is 5.91 Å². The van der Waals surface area contributed by atoms with Gasteiger partial charge in [0.05, 0.1) is 11.7 Å². The zero-order valence-corrected chi connectivity index (χ0v) is 18.3. The Morgan fingerprint density at radius 1 is 1.09 bits per heavy atom. The van der Waals surface area contributed by atoms with E-state index in [0.29, 0.717) is 30.5 Å². The molecule has 2 aromatic rings. The minimum Gasteiger partial charge on any atom is -0.344 e. The molecule has 4 rings (SSSR count). The number of benzene rings is 2. The number of para-hydroxylation sites is 1. The fourth-order valence-corrected chi connectivity index (χ4v) is 4.58. The van der Waals surface area contributed by atoms with Crippen LogP contribution in [0.4, 0.5) is 10.1 Å². The van der Waals surface area contributed by atoms with Crippen molar-refractivity contribution in [1.29, 1.82) is 0 Å². The van der Waals surface area contributed by atoms with Crippen LogP contribution in [-0.2, 0) is 27.2 Å². The predicted octanol–water partition coefficient (Wildman–Crippen LogP) is 2.12. The monoisotopic (exact) mass is 451 g/mol. The molecule has 0 radical (unpaired) electrons. The van der Waals surface area contributed by atoms with Crippen molar-refractivity contribution in [2.24, 2.45) is 0 Å². The number of nitrogens with one attached hydrogen (secondary N) is 2. The number of aryl methyl sites for hydroxylation is 1. The topological polar surface area (TPSA) is 95.6 Å². The molecule has 8 heteroatoms. The highest BCUT2D eigenvalue weighted by molar-refractivity contribution is 6.09. The number of ketones is 1. The maximum atomic E-state index is 13.6. The second-order valence-electron chi connectivity index (χ2n) is 8.35. The second kappa shape index (κ2) is 9.52. The predicted molar refractivity (Wildman–Crippen MR) is 121 cm³/mol. The van der Waals surface area contributed by atoms with Crippen LogP contribution >= 0.6 is 0 Å². The fourth-order valence-electron chi connectivity index (χ4n) is 4.58. The quantitative estimate of drug-likeness (QED) is 0.674. The number of halogens is 1. The number of hydrogen-bond acceptors (Lipinski definition) is 4. The van der Waals surface area contributed by atoms with Gasteiger partial charge in [0, 0.05) is 12.0 Å². The Morgan fingerprint density at radius 2 is 1.82 bits per heavy atom. The summed E-state index contributed by atoms with van der Waals surface area (Å²) in [4.78, 5) is 52.8. The van der Waals surface area contributed by atoms with Gasteiger partial charge in [-0.3, -0.25) is 24.1 Å². The van der Waals surface area contributed by atoms with Crippen LogP contribution in [0.2, 0.25) is 0 Å². The van der Waals surface area contributed by atoms with Crippen LogP contribution in [0.25, 0.3) is 0 Å². The summed E-state index contributed by atoms with van der Waals surface area (Å²) in [5.74, 6) is -1.93. The molecule has 0 aliphatic carbocycles. The normalized spacial score (nSPS) is 19.9. The van der Waals surface area contributed by atoms with Gasteiger partial charge < -0.3 is 10.6 Å². The van der Waals surface area contributed by atoms with Crippen molar-refractivity contribution < 1.29 is 23.6 Å². The number of carbonyl (C=O) groups is 4. The molecule has 0 saturated carbocycles. The molecule has 172 valence electrons. The molecule has 2 heterocycles. The molecule has 0 saturated heterocycles. The largest absolute Gasteiger partial charge is 0.344 e. The number of nitrogens with zero attached hydrogens (tertiary/aromatic N) is 1. The molecule has 33 heavy (non-hydrogen) atoms. The molecule has 2 N–H and O–H groups in total. The highest BCUT2D eigenvalue weighted by Crippen LogP contribution is 2.39. The molecule has 2 aromatic carbocycles. The lowest BCUT2D eigenvalue weighted by Crippen LogP contribution is -2.56. The van der Waals surface area contributed by atoms with Crippen molar-refractivity contribution >= 4 is 29.2 Å². The van der Waals surface area contributed by atoms with Crippen molar-refractivity contribution in [1.82, 2.24) is 10.6 Å². The standard InChI is InChI=1S/C25H26FN3O4/c1-2-18(21(30)14-26)27-24(32)20-13-17-10-6-9-15-11-12-19(25(33)29(20)22(15)17)28-23(31)16-7-4-3-5-8-16/h3-10,18-20H,2,11-14H2,1H3,(H,27,32)(H,28,31)/t18?,19-,20-/m0/s1. The lowest BCUT2D eigenvalue weighted by molar-refractivity contribution is -0.130. The molecular formula is C25H26FN3O4. The zero-order chi connectivity index (χ0) is 23.5. The Bertz CT molecular complexity index is 1090. The summed E-state index contributed by atoms with van der Waals surface area (Å²) >= 11 is 0. The van der Waals surface area contributed by atoms with Gasteiger partial charge in [-0.25, -0.2) is 4.39 Å². The number of alkyl halides is 1. The van der Waals surface area contributed by atoms with E-state index < -0.39 is 36.5 Å². The SMILES string of the molecule is CCC(NC(=O)[C@@H]1Cc2cccc3c2N1C(=O)[C@@H](NC(=O)c1ccccc1)CC3)C(=O)CF. The number of anilines is 1. The number of amides is 3. The molecule has 0 fully saturated rings. The van der Waals surface area contributed by atoms with Crippen LogP contribution in [0.15, 0.2) is 48.5 Å². The lowest BCUT2D eigenvalue weighted by atomic mass is 10.0. The van der Waals surface area contributed by atoms with E-state index in [1.54, 1.807) is 37.3 Å². The third-order valence-electron chi connectivity index (χ3n) is 6.30. The van der Waals surface area contributed by atoms with Crippen molar-refractivity contribution in [3.63, 3.8) is 0 Å². The first-order valence-corrected chi connectivity index (χ1v) is 11.1. The van der Waals surface area contributed by atoms with Gasteiger partial charge >= 0.3 is 0 Å². The van der Waals surface area contributed by atoms with Crippen LogP contribution in [0.3, 0.4) is 0 Å². The molecule has 0 aromatic heterocycles. The summed E-state index contributed by atoms with van der Waals surface area (Å²) in [6.07, 6.45) is 1.51. The van der Waals surface area contributed by atoms with E-state index in [1.165, 1.54) is 4.90 Å². The highest BCUT2D eigenvalue weighted by atomic mass is 19.1. The van der Waals surface area contributed by atoms with Crippen LogP contribution in [0, 0.1) is 0 Å². The van der Waals surface area contributed by atoms with E-state index in [2.05, 4.69) is 10.6 Å². The summed E-state index contributed by atoms with van der Waals surface area (Å²) in [5, 5.41) is 5.44. The molecule has 7 nitrogen and oxygen atoms in total. The second-order valence-corrected chi connectivity index (χ2v) is 8.35. The number of rotatable bonds is 7. The minimum absolute atomic E-state index is 0.253. The summed E-state index contributed by atoms with van der Waals surface area (Å²) < 4.78 is 12.9. The van der Waals surface area contributed by atoms with E-state index in [9.17, 15) is 23.6 Å². The van der Waals surface area contributed by atoms with Crippen LogP contribution in [0.1, 0.15) is 41.3 Å². The van der Waals surface area contributed by atoms with Gasteiger partial charge in [0.1, 0.15) is 18.8 Å². The first-order valence-electron chi connectivity index (χ1n) is 11.1. The van der Waals surface area contributed by atoms with E-state index in [0.717, 1.165) is 11.1 Å². The van der Waals surface area contributed by atoms with Crippen molar-refractivity contribution in [2.45, 2.75) is 50.7 Å². The lowest BCUT2D eigenvalue weighted by Gasteiger charge is -2.29. The molecule has 0 bridgehead atoms. The van der Waals surface area contributed by atoms with Crippen LogP contribution in [0.5, 0.6) is 0 Å². The molecule has 2 aliphatic rings. The first kappa shape index (κ1) is 22.6. The third-order valence-corrected chi connectivity index (χ3v) is 6.30. The Balaban J connectivity index is 1.61. The van der Waals surface area contributed by atoms with Gasteiger partial charge in [-0.15, -0.1) is 0 Å². The summed E-state index contributed by atoms with van der Waals surface area (Å²) in [6, 6.07) is 11.7. The number of carbonyl (C=O) groups excluding carboxylic acids is 4. The van der Waals surface area contributed by atoms with Crippen LogP contribution < -0.4 is 15.5 Å². The number of Topliss-reactive ketones (excluding diaryl/α,β-unsaturated/α-hetero) is 1. The van der Waals surface area contributed by atoms with E-state index in [-0.39, 0.29) is 18.2 Å². The number of hydrogen-bond donors (Lipinski definition) is 2. The molecule has 3 atom stereocenters. The molecular weight excluding hydrogens is 425 g/mol. The Morgan fingerprint density at radius 3 is 2.52 bits per heavy atom.